The molecule has 0 unspecified atom stereocenters. The third-order valence-corrected chi connectivity index (χ3v) is 3.52. The Labute approximate surface area is 134 Å². The Hall–Kier alpha value is -1.96. The Morgan fingerprint density at radius 2 is 1.68 bits per heavy atom. The highest BCUT2D eigenvalue weighted by molar-refractivity contribution is 5.58. The molecule has 0 aromatic heterocycles. The summed E-state index contributed by atoms with van der Waals surface area (Å²) in [6.07, 6.45) is 11.7. The molecule has 0 radical (unpaired) electrons. The van der Waals surface area contributed by atoms with Crippen molar-refractivity contribution in [3.63, 3.8) is 0 Å². The van der Waals surface area contributed by atoms with Crippen LogP contribution in [0.5, 0.6) is 11.5 Å². The van der Waals surface area contributed by atoms with Gasteiger partial charge < -0.3 is 10.2 Å². The normalized spacial score (nSPS) is 11.9. The third kappa shape index (κ3) is 6.21. The van der Waals surface area contributed by atoms with Crippen LogP contribution in [0.4, 0.5) is 0 Å². The maximum atomic E-state index is 10.1. The Morgan fingerprint density at radius 3 is 2.23 bits per heavy atom. The molecule has 0 aliphatic rings. The predicted octanol–water partition coefficient (Wildman–Crippen LogP) is 5.76. The van der Waals surface area contributed by atoms with Crippen LogP contribution in [0.15, 0.2) is 41.5 Å². The van der Waals surface area contributed by atoms with Crippen molar-refractivity contribution in [2.24, 2.45) is 0 Å². The van der Waals surface area contributed by atoms with Crippen LogP contribution in [0.1, 0.15) is 58.1 Å². The van der Waals surface area contributed by atoms with Gasteiger partial charge in [-0.3, -0.25) is 0 Å². The molecular formula is C20H28O2. The molecule has 0 saturated heterocycles. The molecule has 22 heavy (non-hydrogen) atoms. The Balaban J connectivity index is 2.77. The Morgan fingerprint density at radius 1 is 1.05 bits per heavy atom. The predicted molar refractivity (Wildman–Crippen MR) is 95.2 cm³/mol. The van der Waals surface area contributed by atoms with Crippen molar-refractivity contribution in [3.8, 4) is 11.5 Å². The zero-order chi connectivity index (χ0) is 16.5. The highest BCUT2D eigenvalue weighted by Gasteiger charge is 2.07. The summed E-state index contributed by atoms with van der Waals surface area (Å²) in [6, 6.07) is 3.40. The molecule has 0 saturated carbocycles. The molecule has 120 valence electrons. The fraction of sp³-hybridized carbons (Fsp3) is 0.400. The average molecular weight is 300 g/mol. The van der Waals surface area contributed by atoms with Crippen LogP contribution < -0.4 is 0 Å². The minimum Gasteiger partial charge on any atom is -0.507 e. The minimum atomic E-state index is 0.157. The number of hydrogen-bond acceptors (Lipinski definition) is 2. The lowest BCUT2D eigenvalue weighted by Gasteiger charge is -2.08. The minimum absolute atomic E-state index is 0.157. The molecule has 0 atom stereocenters. The molecule has 2 heteroatoms. The van der Waals surface area contributed by atoms with Gasteiger partial charge in [0.25, 0.3) is 0 Å². The number of allylic oxidation sites excluding steroid dienone is 5. The lowest BCUT2D eigenvalue weighted by molar-refractivity contribution is 0.440. The molecule has 1 rings (SSSR count). The van der Waals surface area contributed by atoms with E-state index in [-0.39, 0.29) is 11.5 Å². The Bertz CT molecular complexity index is 550. The molecule has 0 heterocycles. The SMILES string of the molecule is CC/C=C/c1cc(O)c(C/C=C(\C)CCC=C(C)C)c(O)c1. The van der Waals surface area contributed by atoms with Crippen LogP contribution in [0.2, 0.25) is 0 Å². The van der Waals surface area contributed by atoms with Crippen molar-refractivity contribution in [3.05, 3.63) is 52.6 Å². The number of phenolic OH excluding ortho intramolecular Hbond substituents is 2. The molecule has 0 bridgehead atoms. The van der Waals surface area contributed by atoms with Gasteiger partial charge in [0, 0.05) is 5.56 Å². The van der Waals surface area contributed by atoms with E-state index in [0.29, 0.717) is 12.0 Å². The summed E-state index contributed by atoms with van der Waals surface area (Å²) in [7, 11) is 0. The van der Waals surface area contributed by atoms with Gasteiger partial charge in [-0.05, 0) is 64.2 Å². The number of phenols is 2. The first-order valence-electron chi connectivity index (χ1n) is 7.94. The molecule has 0 amide bonds. The van der Waals surface area contributed by atoms with E-state index in [2.05, 4.69) is 32.9 Å². The second-order valence-electron chi connectivity index (χ2n) is 5.92. The van der Waals surface area contributed by atoms with E-state index in [9.17, 15) is 10.2 Å². The number of benzene rings is 1. The van der Waals surface area contributed by atoms with E-state index >= 15 is 0 Å². The van der Waals surface area contributed by atoms with E-state index in [1.807, 2.05) is 19.1 Å². The summed E-state index contributed by atoms with van der Waals surface area (Å²) < 4.78 is 0. The summed E-state index contributed by atoms with van der Waals surface area (Å²) in [5, 5.41) is 20.2. The highest BCUT2D eigenvalue weighted by Crippen LogP contribution is 2.30. The molecule has 2 N–H and O–H groups in total. The van der Waals surface area contributed by atoms with Crippen molar-refractivity contribution in [1.29, 1.82) is 0 Å². The van der Waals surface area contributed by atoms with Crippen LogP contribution in [0, 0.1) is 0 Å². The summed E-state index contributed by atoms with van der Waals surface area (Å²) in [4.78, 5) is 0. The van der Waals surface area contributed by atoms with Crippen LogP contribution in [0.3, 0.4) is 0 Å². The second-order valence-corrected chi connectivity index (χ2v) is 5.92. The summed E-state index contributed by atoms with van der Waals surface area (Å²) in [5.41, 5.74) is 4.02. The van der Waals surface area contributed by atoms with Crippen molar-refractivity contribution >= 4 is 6.08 Å². The zero-order valence-electron chi connectivity index (χ0n) is 14.2. The Kier molecular flexibility index (Phi) is 7.51. The van der Waals surface area contributed by atoms with Crippen LogP contribution in [-0.4, -0.2) is 10.2 Å². The summed E-state index contributed by atoms with van der Waals surface area (Å²) >= 11 is 0. The van der Waals surface area contributed by atoms with Gasteiger partial charge >= 0.3 is 0 Å². The average Bonchev–Trinajstić information content (AvgIpc) is 2.43. The fourth-order valence-corrected chi connectivity index (χ4v) is 2.19. The first-order valence-corrected chi connectivity index (χ1v) is 7.94. The second kappa shape index (κ2) is 9.14. The third-order valence-electron chi connectivity index (χ3n) is 3.52. The fourth-order valence-electron chi connectivity index (χ4n) is 2.19. The van der Waals surface area contributed by atoms with E-state index in [4.69, 9.17) is 0 Å². The van der Waals surface area contributed by atoms with Crippen molar-refractivity contribution in [2.75, 3.05) is 0 Å². The van der Waals surface area contributed by atoms with Gasteiger partial charge in [-0.15, -0.1) is 0 Å². The molecule has 1 aromatic rings. The quantitative estimate of drug-likeness (QED) is 0.629. The van der Waals surface area contributed by atoms with E-state index in [1.54, 1.807) is 12.1 Å². The van der Waals surface area contributed by atoms with Crippen molar-refractivity contribution in [1.82, 2.24) is 0 Å². The van der Waals surface area contributed by atoms with Crippen molar-refractivity contribution < 1.29 is 10.2 Å². The molecular weight excluding hydrogens is 272 g/mol. The molecule has 2 nitrogen and oxygen atoms in total. The van der Waals surface area contributed by atoms with Gasteiger partial charge in [-0.2, -0.15) is 0 Å². The summed E-state index contributed by atoms with van der Waals surface area (Å²) in [5.74, 6) is 0.313. The summed E-state index contributed by atoms with van der Waals surface area (Å²) in [6.45, 7) is 8.34. The van der Waals surface area contributed by atoms with Crippen LogP contribution in [0.25, 0.3) is 6.08 Å². The van der Waals surface area contributed by atoms with Crippen LogP contribution in [-0.2, 0) is 6.42 Å². The molecule has 0 spiro atoms. The monoisotopic (exact) mass is 300 g/mol. The van der Waals surface area contributed by atoms with Gasteiger partial charge in [0.15, 0.2) is 0 Å². The standard InChI is InChI=1S/C20H28O2/c1-5-6-10-17-13-19(21)18(20(22)14-17)12-11-16(4)9-7-8-15(2)3/h6,8,10-11,13-14,21-22H,5,7,9,12H2,1-4H3/b10-6+,16-11+. The number of aromatic hydroxyl groups is 2. The largest absolute Gasteiger partial charge is 0.507 e. The topological polar surface area (TPSA) is 40.5 Å². The van der Waals surface area contributed by atoms with Gasteiger partial charge in [0.2, 0.25) is 0 Å². The van der Waals surface area contributed by atoms with Crippen molar-refractivity contribution in [2.45, 2.75) is 53.4 Å². The first kappa shape index (κ1) is 18.1. The van der Waals surface area contributed by atoms with E-state index in [1.165, 1.54) is 11.1 Å². The molecule has 0 aliphatic heterocycles. The highest BCUT2D eigenvalue weighted by atomic mass is 16.3. The lowest BCUT2D eigenvalue weighted by atomic mass is 10.0. The maximum absolute atomic E-state index is 10.1. The first-order chi connectivity index (χ1) is 10.4. The smallest absolute Gasteiger partial charge is 0.123 e. The van der Waals surface area contributed by atoms with Gasteiger partial charge in [-0.25, -0.2) is 0 Å². The van der Waals surface area contributed by atoms with E-state index in [0.717, 1.165) is 24.8 Å². The molecule has 1 aromatic carbocycles. The lowest BCUT2D eigenvalue weighted by Crippen LogP contribution is -1.88. The van der Waals surface area contributed by atoms with E-state index < -0.39 is 0 Å². The van der Waals surface area contributed by atoms with Gasteiger partial charge in [0.1, 0.15) is 11.5 Å². The van der Waals surface area contributed by atoms with Crippen LogP contribution >= 0.6 is 0 Å². The molecule has 0 fully saturated rings. The van der Waals surface area contributed by atoms with Gasteiger partial charge in [0.05, 0.1) is 0 Å². The zero-order valence-corrected chi connectivity index (χ0v) is 14.2. The molecule has 0 aliphatic carbocycles. The van der Waals surface area contributed by atoms with Gasteiger partial charge in [-0.1, -0.05) is 42.4 Å². The maximum Gasteiger partial charge on any atom is 0.123 e. The number of hydrogen-bond donors (Lipinski definition) is 2. The number of rotatable bonds is 7.